The number of likely N-dealkylation sites (tertiary alicyclic amines) is 1. The number of carbonyl (C=O) groups excluding carboxylic acids is 2. The second-order valence-electron chi connectivity index (χ2n) is 8.92. The highest BCUT2D eigenvalue weighted by atomic mass is 16.5. The second-order valence-corrected chi connectivity index (χ2v) is 8.92. The zero-order valence-electron chi connectivity index (χ0n) is 17.7. The second kappa shape index (κ2) is 9.55. The van der Waals surface area contributed by atoms with Crippen LogP contribution in [0.4, 0.5) is 0 Å². The van der Waals surface area contributed by atoms with Crippen LogP contribution in [0.2, 0.25) is 0 Å². The molecule has 3 rings (SSSR count). The Bertz CT molecular complexity index is 540. The molecule has 1 amide bonds. The van der Waals surface area contributed by atoms with Crippen LogP contribution >= 0.6 is 0 Å². The fraction of sp³-hybridized carbons (Fsp3) is 0.905. The summed E-state index contributed by atoms with van der Waals surface area (Å²) in [6.45, 7) is 8.43. The van der Waals surface area contributed by atoms with E-state index in [4.69, 9.17) is 9.47 Å². The van der Waals surface area contributed by atoms with Crippen molar-refractivity contribution in [3.8, 4) is 0 Å². The Morgan fingerprint density at radius 1 is 1.11 bits per heavy atom. The molecule has 3 atom stereocenters. The van der Waals surface area contributed by atoms with E-state index in [2.05, 4.69) is 29.0 Å². The van der Waals surface area contributed by atoms with Gasteiger partial charge in [0.2, 0.25) is 5.91 Å². The number of nitrogens with zero attached hydrogens (tertiary/aromatic N) is 2. The molecule has 1 aliphatic carbocycles. The third-order valence-corrected chi connectivity index (χ3v) is 6.47. The molecule has 1 saturated carbocycles. The predicted octanol–water partition coefficient (Wildman–Crippen LogP) is 1.55. The van der Waals surface area contributed by atoms with E-state index in [9.17, 15) is 9.59 Å². The molecule has 160 valence electrons. The van der Waals surface area contributed by atoms with Crippen molar-refractivity contribution < 1.29 is 19.1 Å². The minimum absolute atomic E-state index is 0.0529. The van der Waals surface area contributed by atoms with Crippen molar-refractivity contribution in [1.82, 2.24) is 15.1 Å². The molecule has 2 heterocycles. The number of hydrogen-bond donors (Lipinski definition) is 1. The molecule has 2 saturated heterocycles. The zero-order valence-corrected chi connectivity index (χ0v) is 17.7. The van der Waals surface area contributed by atoms with E-state index in [-0.39, 0.29) is 24.1 Å². The van der Waals surface area contributed by atoms with Crippen molar-refractivity contribution in [2.24, 2.45) is 0 Å². The van der Waals surface area contributed by atoms with Gasteiger partial charge in [-0.25, -0.2) is 4.79 Å². The van der Waals surface area contributed by atoms with Gasteiger partial charge in [0.15, 0.2) is 0 Å². The quantitative estimate of drug-likeness (QED) is 0.688. The molecular weight excluding hydrogens is 358 g/mol. The molecule has 3 aliphatic rings. The van der Waals surface area contributed by atoms with Crippen LogP contribution < -0.4 is 5.32 Å². The standard InChI is InChI=1S/C21H37N3O4/c1-16-12-23(13-17(2)28-16)14-18-8-7-11-24(18)15-19(25)22-21(20(26)27-3)9-5-4-6-10-21/h16-18H,4-15H2,1-3H3,(H,22,25). The van der Waals surface area contributed by atoms with Crippen LogP contribution in [-0.4, -0.2) is 85.3 Å². The Hall–Kier alpha value is -1.18. The highest BCUT2D eigenvalue weighted by Crippen LogP contribution is 2.29. The van der Waals surface area contributed by atoms with Crippen LogP contribution in [-0.2, 0) is 19.1 Å². The maximum absolute atomic E-state index is 12.8. The minimum atomic E-state index is -0.825. The highest BCUT2D eigenvalue weighted by molar-refractivity contribution is 5.89. The van der Waals surface area contributed by atoms with Crippen molar-refractivity contribution in [1.29, 1.82) is 0 Å². The van der Waals surface area contributed by atoms with E-state index in [0.29, 0.717) is 25.4 Å². The van der Waals surface area contributed by atoms with Crippen LogP contribution in [0.3, 0.4) is 0 Å². The molecule has 2 aliphatic heterocycles. The van der Waals surface area contributed by atoms with E-state index >= 15 is 0 Å². The lowest BCUT2D eigenvalue weighted by Crippen LogP contribution is -2.58. The Balaban J connectivity index is 1.55. The fourth-order valence-electron chi connectivity index (χ4n) is 5.26. The van der Waals surface area contributed by atoms with Crippen molar-refractivity contribution in [2.75, 3.05) is 39.8 Å². The molecule has 0 aromatic rings. The average Bonchev–Trinajstić information content (AvgIpc) is 3.07. The zero-order chi connectivity index (χ0) is 20.1. The molecule has 0 aromatic carbocycles. The van der Waals surface area contributed by atoms with Crippen LogP contribution in [0.1, 0.15) is 58.8 Å². The monoisotopic (exact) mass is 395 g/mol. The van der Waals surface area contributed by atoms with Gasteiger partial charge in [0, 0.05) is 25.7 Å². The van der Waals surface area contributed by atoms with Gasteiger partial charge in [-0.3, -0.25) is 14.6 Å². The van der Waals surface area contributed by atoms with Gasteiger partial charge in [0.25, 0.3) is 0 Å². The maximum Gasteiger partial charge on any atom is 0.331 e. The smallest absolute Gasteiger partial charge is 0.331 e. The summed E-state index contributed by atoms with van der Waals surface area (Å²) in [4.78, 5) is 30.0. The Morgan fingerprint density at radius 3 is 2.43 bits per heavy atom. The van der Waals surface area contributed by atoms with E-state index in [0.717, 1.165) is 58.3 Å². The number of morpholine rings is 1. The van der Waals surface area contributed by atoms with Gasteiger partial charge in [-0.05, 0) is 46.1 Å². The lowest BCUT2D eigenvalue weighted by Gasteiger charge is -2.38. The number of nitrogens with one attached hydrogen (secondary N) is 1. The molecule has 0 spiro atoms. The number of ether oxygens (including phenoxy) is 2. The predicted molar refractivity (Wildman–Crippen MR) is 107 cm³/mol. The third-order valence-electron chi connectivity index (χ3n) is 6.47. The van der Waals surface area contributed by atoms with Gasteiger partial charge in [0.1, 0.15) is 5.54 Å². The van der Waals surface area contributed by atoms with Gasteiger partial charge >= 0.3 is 5.97 Å². The molecule has 0 radical (unpaired) electrons. The Morgan fingerprint density at radius 2 is 1.79 bits per heavy atom. The molecule has 28 heavy (non-hydrogen) atoms. The summed E-state index contributed by atoms with van der Waals surface area (Å²) >= 11 is 0. The number of carbonyl (C=O) groups is 2. The molecule has 0 bridgehead atoms. The lowest BCUT2D eigenvalue weighted by molar-refractivity contribution is -0.152. The van der Waals surface area contributed by atoms with Crippen molar-refractivity contribution in [3.63, 3.8) is 0 Å². The van der Waals surface area contributed by atoms with E-state index in [1.165, 1.54) is 7.11 Å². The molecule has 3 fully saturated rings. The van der Waals surface area contributed by atoms with Crippen LogP contribution in [0, 0.1) is 0 Å². The third kappa shape index (κ3) is 5.24. The number of esters is 1. The van der Waals surface area contributed by atoms with Crippen LogP contribution in [0.15, 0.2) is 0 Å². The number of amides is 1. The lowest BCUT2D eigenvalue weighted by atomic mass is 9.81. The summed E-state index contributed by atoms with van der Waals surface area (Å²) in [6.07, 6.45) is 7.13. The minimum Gasteiger partial charge on any atom is -0.467 e. The summed E-state index contributed by atoms with van der Waals surface area (Å²) in [6, 6.07) is 0.392. The largest absolute Gasteiger partial charge is 0.467 e. The highest BCUT2D eigenvalue weighted by Gasteiger charge is 2.42. The van der Waals surface area contributed by atoms with E-state index < -0.39 is 5.54 Å². The first-order valence-corrected chi connectivity index (χ1v) is 10.9. The number of rotatable bonds is 6. The van der Waals surface area contributed by atoms with Gasteiger partial charge in [-0.2, -0.15) is 0 Å². The average molecular weight is 396 g/mol. The summed E-state index contributed by atoms with van der Waals surface area (Å²) in [5.74, 6) is -0.349. The maximum atomic E-state index is 12.8. The Kier molecular flexibility index (Phi) is 7.34. The van der Waals surface area contributed by atoms with E-state index in [1.807, 2.05) is 0 Å². The van der Waals surface area contributed by atoms with Crippen molar-refractivity contribution >= 4 is 11.9 Å². The summed E-state index contributed by atoms with van der Waals surface area (Å²) in [5.41, 5.74) is -0.825. The van der Waals surface area contributed by atoms with E-state index in [1.54, 1.807) is 0 Å². The SMILES string of the molecule is COC(=O)C1(NC(=O)CN2CCCC2CN2CC(C)OC(C)C2)CCCCC1. The van der Waals surface area contributed by atoms with Gasteiger partial charge in [-0.15, -0.1) is 0 Å². The van der Waals surface area contributed by atoms with Gasteiger partial charge in [0.05, 0.1) is 25.9 Å². The topological polar surface area (TPSA) is 71.1 Å². The molecule has 7 nitrogen and oxygen atoms in total. The van der Waals surface area contributed by atoms with Crippen LogP contribution in [0.5, 0.6) is 0 Å². The van der Waals surface area contributed by atoms with Crippen molar-refractivity contribution in [2.45, 2.75) is 82.6 Å². The summed E-state index contributed by atoms with van der Waals surface area (Å²) in [7, 11) is 1.41. The van der Waals surface area contributed by atoms with Gasteiger partial charge in [-0.1, -0.05) is 19.3 Å². The molecule has 7 heteroatoms. The van der Waals surface area contributed by atoms with Crippen LogP contribution in [0.25, 0.3) is 0 Å². The Labute approximate surface area is 169 Å². The first kappa shape index (κ1) is 21.5. The molecule has 1 N–H and O–H groups in total. The molecular formula is C21H37N3O4. The molecule has 0 aromatic heterocycles. The first-order chi connectivity index (χ1) is 13.4. The number of hydrogen-bond acceptors (Lipinski definition) is 6. The normalized spacial score (nSPS) is 31.5. The van der Waals surface area contributed by atoms with Crippen molar-refractivity contribution in [3.05, 3.63) is 0 Å². The first-order valence-electron chi connectivity index (χ1n) is 10.9. The summed E-state index contributed by atoms with van der Waals surface area (Å²) in [5, 5.41) is 3.06. The summed E-state index contributed by atoms with van der Waals surface area (Å²) < 4.78 is 10.9. The molecule has 3 unspecified atom stereocenters. The van der Waals surface area contributed by atoms with Gasteiger partial charge < -0.3 is 14.8 Å². The fourth-order valence-corrected chi connectivity index (χ4v) is 5.26. The number of methoxy groups -OCH3 is 1.